The fourth-order valence-corrected chi connectivity index (χ4v) is 0.980. The van der Waals surface area contributed by atoms with E-state index in [-0.39, 0.29) is 24.8 Å². The van der Waals surface area contributed by atoms with E-state index in [0.29, 0.717) is 0 Å². The molecule has 2 aromatic heterocycles. The first-order valence-corrected chi connectivity index (χ1v) is 2.98. The van der Waals surface area contributed by atoms with Gasteiger partial charge in [-0.2, -0.15) is 0 Å². The van der Waals surface area contributed by atoms with Crippen LogP contribution < -0.4 is 0 Å². The number of halogens is 2. The zero-order chi connectivity index (χ0) is 6.10. The van der Waals surface area contributed by atoms with E-state index in [1.54, 1.807) is 0 Å². The molecule has 0 aliphatic carbocycles. The van der Waals surface area contributed by atoms with Crippen molar-refractivity contribution in [2.45, 2.75) is 0 Å². The number of hydrogen-bond acceptors (Lipinski definition) is 0. The molecule has 2 rings (SSSR count). The highest BCUT2D eigenvalue weighted by Gasteiger charge is 1.83. The van der Waals surface area contributed by atoms with Crippen molar-refractivity contribution < 1.29 is 0 Å². The summed E-state index contributed by atoms with van der Waals surface area (Å²) in [5.41, 5.74) is 1.25. The van der Waals surface area contributed by atoms with Crippen LogP contribution in [0.15, 0.2) is 42.7 Å². The van der Waals surface area contributed by atoms with E-state index in [0.717, 1.165) is 0 Å². The van der Waals surface area contributed by atoms with Gasteiger partial charge in [-0.3, -0.25) is 0 Å². The molecule has 2 heterocycles. The minimum atomic E-state index is 0. The van der Waals surface area contributed by atoms with Crippen molar-refractivity contribution in [1.82, 2.24) is 4.40 Å². The predicted molar refractivity (Wildman–Crippen MR) is 51.9 cm³/mol. The molecule has 0 saturated carbocycles. The van der Waals surface area contributed by atoms with Crippen LogP contribution in [0.25, 0.3) is 5.52 Å². The summed E-state index contributed by atoms with van der Waals surface area (Å²) >= 11 is 0. The van der Waals surface area contributed by atoms with E-state index in [2.05, 4.69) is 16.5 Å². The van der Waals surface area contributed by atoms with Crippen molar-refractivity contribution in [3.05, 3.63) is 42.7 Å². The summed E-state index contributed by atoms with van der Waals surface area (Å²) < 4.78 is 2.08. The summed E-state index contributed by atoms with van der Waals surface area (Å²) in [6.07, 6.45) is 4.07. The van der Waals surface area contributed by atoms with Gasteiger partial charge < -0.3 is 4.40 Å². The van der Waals surface area contributed by atoms with Crippen LogP contribution >= 0.6 is 24.8 Å². The average Bonchev–Trinajstić information content (AvgIpc) is 2.33. The fourth-order valence-electron chi connectivity index (χ4n) is 0.980. The van der Waals surface area contributed by atoms with E-state index < -0.39 is 0 Å². The first kappa shape index (κ1) is 10.3. The average molecular weight is 190 g/mol. The van der Waals surface area contributed by atoms with Crippen molar-refractivity contribution in [2.75, 3.05) is 0 Å². The molecule has 0 fully saturated rings. The molecule has 0 aromatic carbocycles. The van der Waals surface area contributed by atoms with Crippen LogP contribution in [0.1, 0.15) is 0 Å². The third-order valence-electron chi connectivity index (χ3n) is 1.44. The van der Waals surface area contributed by atoms with Gasteiger partial charge in [0.1, 0.15) is 0 Å². The Morgan fingerprint density at radius 1 is 0.818 bits per heavy atom. The summed E-state index contributed by atoms with van der Waals surface area (Å²) in [6.45, 7) is 0. The maximum atomic E-state index is 2.08. The van der Waals surface area contributed by atoms with Gasteiger partial charge in [-0.1, -0.05) is 6.07 Å². The van der Waals surface area contributed by atoms with Crippen LogP contribution in [0.2, 0.25) is 0 Å². The lowest BCUT2D eigenvalue weighted by Gasteiger charge is -1.88. The lowest BCUT2D eigenvalue weighted by atomic mass is 10.4. The SMILES string of the molecule is Cl.Cl.c1ccn2cccc2c1. The van der Waals surface area contributed by atoms with E-state index >= 15 is 0 Å². The monoisotopic (exact) mass is 189 g/mol. The zero-order valence-electron chi connectivity index (χ0n) is 5.81. The van der Waals surface area contributed by atoms with Gasteiger partial charge in [0, 0.05) is 17.9 Å². The zero-order valence-corrected chi connectivity index (χ0v) is 7.44. The molecule has 0 atom stereocenters. The standard InChI is InChI=1S/C8H7N.2ClH/c1-2-6-9-7-3-5-8(9)4-1;;/h1-7H;2*1H. The summed E-state index contributed by atoms with van der Waals surface area (Å²) in [6, 6.07) is 10.3. The van der Waals surface area contributed by atoms with Crippen LogP contribution in [0.4, 0.5) is 0 Å². The molecular formula is C8H9Cl2N. The molecule has 0 aliphatic heterocycles. The molecule has 0 unspecified atom stereocenters. The quantitative estimate of drug-likeness (QED) is 0.601. The summed E-state index contributed by atoms with van der Waals surface area (Å²) in [4.78, 5) is 0. The highest BCUT2D eigenvalue weighted by Crippen LogP contribution is 2.01. The molecule has 2 aromatic rings. The predicted octanol–water partition coefficient (Wildman–Crippen LogP) is 2.78. The third-order valence-corrected chi connectivity index (χ3v) is 1.44. The van der Waals surface area contributed by atoms with Crippen LogP contribution in [0.5, 0.6) is 0 Å². The summed E-state index contributed by atoms with van der Waals surface area (Å²) in [7, 11) is 0. The first-order chi connectivity index (χ1) is 4.47. The fraction of sp³-hybridized carbons (Fsp3) is 0. The Morgan fingerprint density at radius 2 is 1.45 bits per heavy atom. The highest BCUT2D eigenvalue weighted by molar-refractivity contribution is 5.85. The summed E-state index contributed by atoms with van der Waals surface area (Å²) in [5, 5.41) is 0. The van der Waals surface area contributed by atoms with Crippen LogP contribution in [-0.4, -0.2) is 4.40 Å². The third kappa shape index (κ3) is 1.88. The number of hydrogen-bond donors (Lipinski definition) is 0. The van der Waals surface area contributed by atoms with E-state index in [9.17, 15) is 0 Å². The Kier molecular flexibility index (Phi) is 4.01. The normalized spacial score (nSPS) is 8.36. The maximum absolute atomic E-state index is 2.08. The van der Waals surface area contributed by atoms with Crippen LogP contribution in [-0.2, 0) is 0 Å². The Morgan fingerprint density at radius 3 is 2.18 bits per heavy atom. The van der Waals surface area contributed by atoms with Gasteiger partial charge in [-0.15, -0.1) is 24.8 Å². The topological polar surface area (TPSA) is 4.41 Å². The number of pyridine rings is 1. The van der Waals surface area contributed by atoms with Gasteiger partial charge in [0.2, 0.25) is 0 Å². The Hall–Kier alpha value is -0.660. The van der Waals surface area contributed by atoms with E-state index in [4.69, 9.17) is 0 Å². The van der Waals surface area contributed by atoms with E-state index in [1.165, 1.54) is 5.52 Å². The molecular weight excluding hydrogens is 181 g/mol. The summed E-state index contributed by atoms with van der Waals surface area (Å²) in [5.74, 6) is 0. The second kappa shape index (κ2) is 4.27. The molecule has 0 saturated heterocycles. The van der Waals surface area contributed by atoms with E-state index in [1.807, 2.05) is 30.6 Å². The van der Waals surface area contributed by atoms with Gasteiger partial charge in [-0.05, 0) is 24.3 Å². The second-order valence-electron chi connectivity index (χ2n) is 2.04. The van der Waals surface area contributed by atoms with Gasteiger partial charge in [-0.25, -0.2) is 0 Å². The first-order valence-electron chi connectivity index (χ1n) is 2.98. The Labute approximate surface area is 77.9 Å². The molecule has 0 aliphatic rings. The van der Waals surface area contributed by atoms with Crippen molar-refractivity contribution in [3.63, 3.8) is 0 Å². The molecule has 0 bridgehead atoms. The maximum Gasteiger partial charge on any atom is 0.0449 e. The number of fused-ring (bicyclic) bond motifs is 1. The number of nitrogens with zero attached hydrogens (tertiary/aromatic N) is 1. The molecule has 0 amide bonds. The highest BCUT2D eigenvalue weighted by atomic mass is 35.5. The minimum absolute atomic E-state index is 0. The van der Waals surface area contributed by atoms with Crippen LogP contribution in [0, 0.1) is 0 Å². The molecule has 11 heavy (non-hydrogen) atoms. The lowest BCUT2D eigenvalue weighted by molar-refractivity contribution is 1.20. The van der Waals surface area contributed by atoms with Crippen LogP contribution in [0.3, 0.4) is 0 Å². The molecule has 60 valence electrons. The number of rotatable bonds is 0. The second-order valence-corrected chi connectivity index (χ2v) is 2.04. The largest absolute Gasteiger partial charge is 0.324 e. The molecule has 0 N–H and O–H groups in total. The smallest absolute Gasteiger partial charge is 0.0449 e. The van der Waals surface area contributed by atoms with Gasteiger partial charge in [0.25, 0.3) is 0 Å². The van der Waals surface area contributed by atoms with Gasteiger partial charge in [0.05, 0.1) is 0 Å². The Bertz CT molecular complexity index is 286. The molecule has 1 nitrogen and oxygen atoms in total. The van der Waals surface area contributed by atoms with Crippen molar-refractivity contribution in [1.29, 1.82) is 0 Å². The minimum Gasteiger partial charge on any atom is -0.324 e. The Balaban J connectivity index is 0.000000500. The van der Waals surface area contributed by atoms with Gasteiger partial charge >= 0.3 is 0 Å². The van der Waals surface area contributed by atoms with Crippen molar-refractivity contribution in [3.8, 4) is 0 Å². The number of aromatic nitrogens is 1. The van der Waals surface area contributed by atoms with Crippen molar-refractivity contribution in [2.24, 2.45) is 0 Å². The lowest BCUT2D eigenvalue weighted by Crippen LogP contribution is -1.75. The molecule has 3 heteroatoms. The van der Waals surface area contributed by atoms with Crippen molar-refractivity contribution >= 4 is 30.3 Å². The molecule has 0 spiro atoms. The van der Waals surface area contributed by atoms with Gasteiger partial charge in [0.15, 0.2) is 0 Å². The molecule has 0 radical (unpaired) electrons.